The Morgan fingerprint density at radius 1 is 0.280 bits per heavy atom. The van der Waals surface area contributed by atoms with Gasteiger partial charge in [-0.1, -0.05) is 164 Å². The van der Waals surface area contributed by atoms with Crippen LogP contribution >= 0.6 is 0 Å². The second kappa shape index (κ2) is 12.7. The Morgan fingerprint density at radius 2 is 0.800 bits per heavy atom. The Kier molecular flexibility index (Phi) is 7.49. The van der Waals surface area contributed by atoms with Crippen molar-refractivity contribution in [3.05, 3.63) is 188 Å². The number of benzene rings is 7. The van der Waals surface area contributed by atoms with E-state index >= 15 is 0 Å². The molecule has 0 saturated carbocycles. The number of fused-ring (bicyclic) bond motifs is 3. The van der Waals surface area contributed by atoms with Crippen molar-refractivity contribution in [1.29, 1.82) is 0 Å². The second-order valence-corrected chi connectivity index (χ2v) is 12.4. The Balaban J connectivity index is 1.27. The van der Waals surface area contributed by atoms with Gasteiger partial charge in [0, 0.05) is 27.6 Å². The predicted molar refractivity (Wildman–Crippen MR) is 207 cm³/mol. The van der Waals surface area contributed by atoms with E-state index in [-0.39, 0.29) is 0 Å². The van der Waals surface area contributed by atoms with Crippen LogP contribution in [0.1, 0.15) is 0 Å². The van der Waals surface area contributed by atoms with Gasteiger partial charge in [0.05, 0.1) is 22.6 Å². The van der Waals surface area contributed by atoms with E-state index in [1.807, 2.05) is 18.2 Å². The number of nitrogens with zero attached hydrogens (tertiary/aromatic N) is 3. The first-order valence-corrected chi connectivity index (χ1v) is 16.9. The molecule has 0 spiro atoms. The zero-order valence-electron chi connectivity index (χ0n) is 27.2. The molecule has 0 radical (unpaired) electrons. The number of hydrogen-bond acceptors (Lipinski definition) is 3. The molecule has 0 amide bonds. The van der Waals surface area contributed by atoms with Crippen molar-refractivity contribution in [1.82, 2.24) is 15.0 Å². The molecule has 0 saturated heterocycles. The minimum atomic E-state index is 0.687. The van der Waals surface area contributed by atoms with Gasteiger partial charge in [-0.25, -0.2) is 15.0 Å². The average Bonchev–Trinajstić information content (AvgIpc) is 3.21. The second-order valence-electron chi connectivity index (χ2n) is 12.4. The highest BCUT2D eigenvalue weighted by Gasteiger charge is 2.17. The van der Waals surface area contributed by atoms with E-state index in [0.717, 1.165) is 77.7 Å². The van der Waals surface area contributed by atoms with Crippen LogP contribution in [0.4, 0.5) is 0 Å². The largest absolute Gasteiger partial charge is 0.248 e. The molecule has 0 aliphatic rings. The molecule has 0 unspecified atom stereocenters. The Bertz CT molecular complexity index is 2620. The van der Waals surface area contributed by atoms with E-state index in [1.165, 1.54) is 5.56 Å². The molecule has 50 heavy (non-hydrogen) atoms. The van der Waals surface area contributed by atoms with Gasteiger partial charge in [0.1, 0.15) is 0 Å². The average molecular weight is 638 g/mol. The quantitative estimate of drug-likeness (QED) is 0.170. The van der Waals surface area contributed by atoms with Crippen LogP contribution in [0.5, 0.6) is 0 Å². The summed E-state index contributed by atoms with van der Waals surface area (Å²) in [6, 6.07) is 65.5. The lowest BCUT2D eigenvalue weighted by atomic mass is 9.93. The molecular formula is C47H31N3. The van der Waals surface area contributed by atoms with Gasteiger partial charge >= 0.3 is 0 Å². The van der Waals surface area contributed by atoms with Crippen molar-refractivity contribution >= 4 is 21.7 Å². The fraction of sp³-hybridized carbons (Fsp3) is 0. The number of aromatic nitrogens is 3. The Hall–Kier alpha value is -6.71. The molecule has 7 aromatic carbocycles. The third-order valence-electron chi connectivity index (χ3n) is 9.29. The van der Waals surface area contributed by atoms with Crippen LogP contribution in [-0.4, -0.2) is 15.0 Å². The van der Waals surface area contributed by atoms with Gasteiger partial charge < -0.3 is 0 Å². The van der Waals surface area contributed by atoms with Crippen LogP contribution in [0.15, 0.2) is 188 Å². The van der Waals surface area contributed by atoms with Crippen LogP contribution < -0.4 is 0 Å². The van der Waals surface area contributed by atoms with Gasteiger partial charge in [-0.05, 0) is 57.3 Å². The molecule has 0 atom stereocenters. The van der Waals surface area contributed by atoms with E-state index < -0.39 is 0 Å². The fourth-order valence-electron chi connectivity index (χ4n) is 6.85. The molecule has 0 bridgehead atoms. The monoisotopic (exact) mass is 637 g/mol. The zero-order valence-corrected chi connectivity index (χ0v) is 27.2. The van der Waals surface area contributed by atoms with E-state index in [9.17, 15) is 0 Å². The molecule has 3 nitrogen and oxygen atoms in total. The fourth-order valence-corrected chi connectivity index (χ4v) is 6.85. The van der Waals surface area contributed by atoms with E-state index in [0.29, 0.717) is 5.82 Å². The van der Waals surface area contributed by atoms with E-state index in [1.54, 1.807) is 0 Å². The van der Waals surface area contributed by atoms with Gasteiger partial charge in [0.25, 0.3) is 0 Å². The molecule has 2 aromatic heterocycles. The maximum Gasteiger partial charge on any atom is 0.161 e. The van der Waals surface area contributed by atoms with Gasteiger partial charge in [-0.2, -0.15) is 0 Å². The lowest BCUT2D eigenvalue weighted by molar-refractivity contribution is 1.19. The number of rotatable bonds is 6. The maximum absolute atomic E-state index is 5.27. The number of hydrogen-bond donors (Lipinski definition) is 0. The van der Waals surface area contributed by atoms with Gasteiger partial charge in [0.2, 0.25) is 0 Å². The summed E-state index contributed by atoms with van der Waals surface area (Å²) in [4.78, 5) is 15.7. The normalized spacial score (nSPS) is 11.2. The highest BCUT2D eigenvalue weighted by Crippen LogP contribution is 2.40. The lowest BCUT2D eigenvalue weighted by Crippen LogP contribution is -1.97. The lowest BCUT2D eigenvalue weighted by Gasteiger charge is -2.15. The van der Waals surface area contributed by atoms with Crippen molar-refractivity contribution < 1.29 is 0 Å². The molecule has 0 fully saturated rings. The van der Waals surface area contributed by atoms with Crippen molar-refractivity contribution in [2.75, 3.05) is 0 Å². The van der Waals surface area contributed by atoms with E-state index in [4.69, 9.17) is 15.0 Å². The molecule has 0 aliphatic heterocycles. The predicted octanol–water partition coefficient (Wildman–Crippen LogP) is 12.2. The number of pyridine rings is 1. The summed E-state index contributed by atoms with van der Waals surface area (Å²) < 4.78 is 0. The molecule has 0 N–H and O–H groups in total. The SMILES string of the molecule is c1ccc(-c2cccc(-c3cc(-c4ccccc4)nc(-c4cccc5c4ccc4nc(-c6ccccc6)cc(-c6ccccc6)c45)n3)c2)cc1. The minimum absolute atomic E-state index is 0.687. The molecule has 2 heterocycles. The van der Waals surface area contributed by atoms with Gasteiger partial charge in [-0.3, -0.25) is 0 Å². The van der Waals surface area contributed by atoms with Crippen LogP contribution in [0.25, 0.3) is 89.1 Å². The Labute approximate surface area is 291 Å². The van der Waals surface area contributed by atoms with E-state index in [2.05, 4.69) is 170 Å². The molecule has 3 heteroatoms. The summed E-state index contributed by atoms with van der Waals surface area (Å²) in [6.07, 6.45) is 0. The summed E-state index contributed by atoms with van der Waals surface area (Å²) in [5.41, 5.74) is 12.4. The van der Waals surface area contributed by atoms with Crippen LogP contribution in [0.3, 0.4) is 0 Å². The van der Waals surface area contributed by atoms with Crippen LogP contribution in [-0.2, 0) is 0 Å². The van der Waals surface area contributed by atoms with Crippen molar-refractivity contribution in [3.63, 3.8) is 0 Å². The first-order valence-electron chi connectivity index (χ1n) is 16.9. The summed E-state index contributed by atoms with van der Waals surface area (Å²) in [6.45, 7) is 0. The zero-order chi connectivity index (χ0) is 33.3. The highest BCUT2D eigenvalue weighted by molar-refractivity contribution is 6.16. The minimum Gasteiger partial charge on any atom is -0.248 e. The van der Waals surface area contributed by atoms with Crippen molar-refractivity contribution in [2.24, 2.45) is 0 Å². The smallest absolute Gasteiger partial charge is 0.161 e. The van der Waals surface area contributed by atoms with Crippen LogP contribution in [0, 0.1) is 0 Å². The molecule has 234 valence electrons. The topological polar surface area (TPSA) is 38.7 Å². The van der Waals surface area contributed by atoms with Crippen molar-refractivity contribution in [3.8, 4) is 67.4 Å². The highest BCUT2D eigenvalue weighted by atomic mass is 14.9. The van der Waals surface area contributed by atoms with Gasteiger partial charge in [-0.15, -0.1) is 0 Å². The Morgan fingerprint density at radius 3 is 1.46 bits per heavy atom. The first-order chi connectivity index (χ1) is 24.8. The standard InChI is InChI=1S/C47H31N3/c1-5-15-32(16-6-1)36-23-13-24-37(29-36)45-31-44(35-21-11-4-12-22-35)49-47(50-45)40-26-14-25-39-38(40)27-28-42-46(39)41(33-17-7-2-8-18-33)30-43(48-42)34-19-9-3-10-20-34/h1-31H. The first kappa shape index (κ1) is 29.4. The molecule has 0 aliphatic carbocycles. The molecule has 9 aromatic rings. The third-order valence-corrected chi connectivity index (χ3v) is 9.29. The maximum atomic E-state index is 5.27. The van der Waals surface area contributed by atoms with Crippen LogP contribution in [0.2, 0.25) is 0 Å². The van der Waals surface area contributed by atoms with Gasteiger partial charge in [0.15, 0.2) is 5.82 Å². The summed E-state index contributed by atoms with van der Waals surface area (Å²) >= 11 is 0. The molecule has 9 rings (SSSR count). The molecular weight excluding hydrogens is 607 g/mol. The summed E-state index contributed by atoms with van der Waals surface area (Å²) in [7, 11) is 0. The van der Waals surface area contributed by atoms with Crippen molar-refractivity contribution in [2.45, 2.75) is 0 Å². The summed E-state index contributed by atoms with van der Waals surface area (Å²) in [5.74, 6) is 0.687. The third kappa shape index (κ3) is 5.51. The summed E-state index contributed by atoms with van der Waals surface area (Å²) in [5, 5.41) is 3.32.